The minimum Gasteiger partial charge on any atom is -0.490 e. The summed E-state index contributed by atoms with van der Waals surface area (Å²) in [6, 6.07) is 6.31. The van der Waals surface area contributed by atoms with Crippen LogP contribution >= 0.6 is 0 Å². The maximum Gasteiger partial charge on any atom is 0.161 e. The van der Waals surface area contributed by atoms with Gasteiger partial charge in [0.2, 0.25) is 0 Å². The van der Waals surface area contributed by atoms with Crippen LogP contribution in [0.3, 0.4) is 0 Å². The van der Waals surface area contributed by atoms with Crippen LogP contribution in [0.2, 0.25) is 0 Å². The molecule has 112 valence electrons. The van der Waals surface area contributed by atoms with Crippen LogP contribution in [0.15, 0.2) is 18.2 Å². The fraction of sp³-hybridized carbons (Fsp3) is 0.647. The van der Waals surface area contributed by atoms with Crippen LogP contribution in [0.25, 0.3) is 0 Å². The van der Waals surface area contributed by atoms with Crippen molar-refractivity contribution in [1.82, 2.24) is 0 Å². The van der Waals surface area contributed by atoms with E-state index >= 15 is 0 Å². The Kier molecular flexibility index (Phi) is 5.72. The van der Waals surface area contributed by atoms with Crippen molar-refractivity contribution in [2.75, 3.05) is 19.8 Å². The number of hydrogen-bond acceptors (Lipinski definition) is 3. The summed E-state index contributed by atoms with van der Waals surface area (Å²) in [5.74, 6) is 2.86. The molecule has 3 heteroatoms. The van der Waals surface area contributed by atoms with E-state index in [4.69, 9.17) is 15.2 Å². The summed E-state index contributed by atoms with van der Waals surface area (Å²) >= 11 is 0. The van der Waals surface area contributed by atoms with Crippen molar-refractivity contribution in [1.29, 1.82) is 0 Å². The van der Waals surface area contributed by atoms with Crippen LogP contribution in [0.1, 0.15) is 51.0 Å². The van der Waals surface area contributed by atoms with Gasteiger partial charge in [0.25, 0.3) is 0 Å². The summed E-state index contributed by atoms with van der Waals surface area (Å²) in [5.41, 5.74) is 7.33. The molecule has 1 atom stereocenters. The average molecular weight is 277 g/mol. The predicted octanol–water partition coefficient (Wildman–Crippen LogP) is 3.72. The van der Waals surface area contributed by atoms with E-state index in [2.05, 4.69) is 12.1 Å². The predicted molar refractivity (Wildman–Crippen MR) is 82.5 cm³/mol. The summed E-state index contributed by atoms with van der Waals surface area (Å²) < 4.78 is 11.3. The molecule has 0 spiro atoms. The van der Waals surface area contributed by atoms with Crippen LogP contribution in [0, 0.1) is 5.92 Å². The lowest BCUT2D eigenvalue weighted by Gasteiger charge is -2.23. The third-order valence-corrected chi connectivity index (χ3v) is 4.22. The summed E-state index contributed by atoms with van der Waals surface area (Å²) in [5, 5.41) is 0. The number of benzene rings is 1. The molecule has 0 radical (unpaired) electrons. The van der Waals surface area contributed by atoms with E-state index in [9.17, 15) is 0 Å². The van der Waals surface area contributed by atoms with Gasteiger partial charge in [0.1, 0.15) is 0 Å². The third kappa shape index (κ3) is 3.45. The summed E-state index contributed by atoms with van der Waals surface area (Å²) in [6.45, 7) is 6.01. The van der Waals surface area contributed by atoms with Gasteiger partial charge in [-0.15, -0.1) is 0 Å². The minimum absolute atomic E-state index is 0.451. The van der Waals surface area contributed by atoms with Crippen molar-refractivity contribution in [3.05, 3.63) is 23.8 Å². The van der Waals surface area contributed by atoms with Gasteiger partial charge in [0.05, 0.1) is 13.2 Å². The molecule has 0 heterocycles. The van der Waals surface area contributed by atoms with Gasteiger partial charge in [-0.05, 0) is 62.8 Å². The number of nitrogens with two attached hydrogens (primary N) is 1. The first kappa shape index (κ1) is 15.2. The lowest BCUT2D eigenvalue weighted by atomic mass is 9.85. The molecule has 1 aromatic rings. The molecule has 0 aliphatic heterocycles. The van der Waals surface area contributed by atoms with Gasteiger partial charge in [-0.25, -0.2) is 0 Å². The molecule has 1 aliphatic carbocycles. The minimum atomic E-state index is 0.451. The third-order valence-electron chi connectivity index (χ3n) is 4.22. The van der Waals surface area contributed by atoms with E-state index in [1.165, 1.54) is 31.2 Å². The normalized spacial score (nSPS) is 17.1. The van der Waals surface area contributed by atoms with Crippen LogP contribution in [-0.4, -0.2) is 19.8 Å². The highest BCUT2D eigenvalue weighted by Crippen LogP contribution is 2.39. The molecule has 2 N–H and O–H groups in total. The first-order valence-corrected chi connectivity index (χ1v) is 7.89. The Labute approximate surface area is 122 Å². The Morgan fingerprint density at radius 2 is 1.75 bits per heavy atom. The van der Waals surface area contributed by atoms with E-state index in [-0.39, 0.29) is 0 Å². The highest BCUT2D eigenvalue weighted by Gasteiger charge is 2.26. The molecule has 1 aromatic carbocycles. The number of ether oxygens (including phenoxy) is 2. The molecule has 1 unspecified atom stereocenters. The van der Waals surface area contributed by atoms with Crippen molar-refractivity contribution in [3.8, 4) is 11.5 Å². The first-order chi connectivity index (χ1) is 9.80. The Balaban J connectivity index is 2.23. The first-order valence-electron chi connectivity index (χ1n) is 7.89. The van der Waals surface area contributed by atoms with Gasteiger partial charge in [0.15, 0.2) is 11.5 Å². The molecule has 0 amide bonds. The van der Waals surface area contributed by atoms with Crippen LogP contribution in [0.4, 0.5) is 0 Å². The van der Waals surface area contributed by atoms with Crippen molar-refractivity contribution in [3.63, 3.8) is 0 Å². The molecule has 2 rings (SSSR count). The Morgan fingerprint density at radius 1 is 1.10 bits per heavy atom. The van der Waals surface area contributed by atoms with E-state index in [1.54, 1.807) is 0 Å². The van der Waals surface area contributed by atoms with Gasteiger partial charge in [-0.3, -0.25) is 0 Å². The Hall–Kier alpha value is -1.22. The monoisotopic (exact) mass is 277 g/mol. The maximum atomic E-state index is 6.03. The Bertz CT molecular complexity index is 413. The van der Waals surface area contributed by atoms with E-state index < -0.39 is 0 Å². The van der Waals surface area contributed by atoms with Gasteiger partial charge < -0.3 is 15.2 Å². The smallest absolute Gasteiger partial charge is 0.161 e. The van der Waals surface area contributed by atoms with Crippen molar-refractivity contribution < 1.29 is 9.47 Å². The van der Waals surface area contributed by atoms with Gasteiger partial charge in [0, 0.05) is 0 Å². The topological polar surface area (TPSA) is 44.5 Å². The molecule has 20 heavy (non-hydrogen) atoms. The van der Waals surface area contributed by atoms with Crippen molar-refractivity contribution in [2.24, 2.45) is 11.7 Å². The quantitative estimate of drug-likeness (QED) is 0.826. The molecule has 1 saturated carbocycles. The molecular weight excluding hydrogens is 250 g/mol. The van der Waals surface area contributed by atoms with E-state index in [0.29, 0.717) is 25.7 Å². The summed E-state index contributed by atoms with van der Waals surface area (Å²) in [7, 11) is 0. The Morgan fingerprint density at radius 3 is 2.35 bits per heavy atom. The lowest BCUT2D eigenvalue weighted by Crippen LogP contribution is -2.20. The molecule has 0 aromatic heterocycles. The second-order valence-electron chi connectivity index (χ2n) is 5.46. The number of rotatable bonds is 7. The fourth-order valence-corrected chi connectivity index (χ4v) is 3.26. The van der Waals surface area contributed by atoms with E-state index in [1.807, 2.05) is 19.9 Å². The molecule has 0 saturated heterocycles. The standard InChI is InChI=1S/C17H27NO2/c1-3-19-16-10-9-14(11-17(16)20-4-2)15(12-18)13-7-5-6-8-13/h9-11,13,15H,3-8,12,18H2,1-2H3. The van der Waals surface area contributed by atoms with Gasteiger partial charge >= 0.3 is 0 Å². The highest BCUT2D eigenvalue weighted by molar-refractivity contribution is 5.44. The van der Waals surface area contributed by atoms with E-state index in [0.717, 1.165) is 17.4 Å². The van der Waals surface area contributed by atoms with Crippen LogP contribution in [-0.2, 0) is 0 Å². The maximum absolute atomic E-state index is 6.03. The van der Waals surface area contributed by atoms with Gasteiger partial charge in [-0.1, -0.05) is 18.9 Å². The summed E-state index contributed by atoms with van der Waals surface area (Å²) in [4.78, 5) is 0. The molecule has 1 fully saturated rings. The number of hydrogen-bond donors (Lipinski definition) is 1. The molecule has 0 bridgehead atoms. The zero-order valence-electron chi connectivity index (χ0n) is 12.7. The SMILES string of the molecule is CCOc1ccc(C(CN)C2CCCC2)cc1OCC. The second kappa shape index (κ2) is 7.53. The van der Waals surface area contributed by atoms with Crippen molar-refractivity contribution >= 4 is 0 Å². The zero-order valence-corrected chi connectivity index (χ0v) is 12.7. The van der Waals surface area contributed by atoms with Crippen LogP contribution < -0.4 is 15.2 Å². The summed E-state index contributed by atoms with van der Waals surface area (Å²) in [6.07, 6.45) is 5.30. The largest absolute Gasteiger partial charge is 0.490 e. The van der Waals surface area contributed by atoms with Crippen LogP contribution in [0.5, 0.6) is 11.5 Å². The zero-order chi connectivity index (χ0) is 14.4. The molecule has 1 aliphatic rings. The molecular formula is C17H27NO2. The van der Waals surface area contributed by atoms with Gasteiger partial charge in [-0.2, -0.15) is 0 Å². The molecule has 3 nitrogen and oxygen atoms in total. The lowest BCUT2D eigenvalue weighted by molar-refractivity contribution is 0.287. The highest BCUT2D eigenvalue weighted by atomic mass is 16.5. The fourth-order valence-electron chi connectivity index (χ4n) is 3.26. The van der Waals surface area contributed by atoms with Crippen molar-refractivity contribution in [2.45, 2.75) is 45.4 Å². The average Bonchev–Trinajstić information content (AvgIpc) is 2.97. The second-order valence-corrected chi connectivity index (χ2v) is 5.46.